The van der Waals surface area contributed by atoms with Crippen LogP contribution in [0, 0.1) is 0 Å². The van der Waals surface area contributed by atoms with E-state index in [-0.39, 0.29) is 5.91 Å². The molecule has 0 atom stereocenters. The maximum absolute atomic E-state index is 12.4. The Hall–Kier alpha value is -1.38. The lowest BCUT2D eigenvalue weighted by Gasteiger charge is -2.34. The SMILES string of the molecule is O=C(CSc1nncn1C1CC1)N1CCN(Cc2cccs2)CC1. The fourth-order valence-corrected chi connectivity index (χ4v) is 4.57. The highest BCUT2D eigenvalue weighted by atomic mass is 32.2. The van der Waals surface area contributed by atoms with Gasteiger partial charge in [0.1, 0.15) is 6.33 Å². The van der Waals surface area contributed by atoms with Crippen LogP contribution < -0.4 is 0 Å². The van der Waals surface area contributed by atoms with Gasteiger partial charge in [0.05, 0.1) is 5.75 Å². The molecule has 2 fully saturated rings. The van der Waals surface area contributed by atoms with E-state index in [1.54, 1.807) is 17.7 Å². The second-order valence-electron chi connectivity index (χ2n) is 6.28. The summed E-state index contributed by atoms with van der Waals surface area (Å²) in [4.78, 5) is 18.2. The number of rotatable bonds is 6. The number of hydrogen-bond acceptors (Lipinski definition) is 6. The average molecular weight is 364 g/mol. The van der Waals surface area contributed by atoms with Crippen LogP contribution in [0.4, 0.5) is 0 Å². The molecule has 1 saturated heterocycles. The van der Waals surface area contributed by atoms with Crippen molar-refractivity contribution in [3.05, 3.63) is 28.7 Å². The Morgan fingerprint density at radius 2 is 2.12 bits per heavy atom. The number of carbonyl (C=O) groups is 1. The van der Waals surface area contributed by atoms with Gasteiger partial charge in [0.15, 0.2) is 5.16 Å². The highest BCUT2D eigenvalue weighted by molar-refractivity contribution is 7.99. The molecule has 6 nitrogen and oxygen atoms in total. The molecule has 128 valence electrons. The van der Waals surface area contributed by atoms with Gasteiger partial charge in [-0.15, -0.1) is 21.5 Å². The van der Waals surface area contributed by atoms with Crippen molar-refractivity contribution in [2.45, 2.75) is 30.6 Å². The van der Waals surface area contributed by atoms with Gasteiger partial charge in [-0.3, -0.25) is 9.69 Å². The lowest BCUT2D eigenvalue weighted by atomic mass is 10.3. The van der Waals surface area contributed by atoms with Gasteiger partial charge in [0, 0.05) is 43.6 Å². The van der Waals surface area contributed by atoms with E-state index in [9.17, 15) is 4.79 Å². The summed E-state index contributed by atoms with van der Waals surface area (Å²) in [5.41, 5.74) is 0. The minimum Gasteiger partial charge on any atom is -0.339 e. The van der Waals surface area contributed by atoms with Gasteiger partial charge in [-0.1, -0.05) is 17.8 Å². The van der Waals surface area contributed by atoms with E-state index in [0.29, 0.717) is 11.8 Å². The third kappa shape index (κ3) is 3.81. The number of thiophene rings is 1. The standard InChI is InChI=1S/C16H21N5OS2/c22-15(11-24-16-18-17-12-21(16)13-3-4-13)20-7-5-19(6-8-20)10-14-2-1-9-23-14/h1-2,9,12-13H,3-8,10-11H2. The van der Waals surface area contributed by atoms with Crippen LogP contribution in [0.2, 0.25) is 0 Å². The third-order valence-corrected chi connectivity index (χ3v) is 6.29. The van der Waals surface area contributed by atoms with Gasteiger partial charge in [0.2, 0.25) is 5.91 Å². The molecule has 1 saturated carbocycles. The second kappa shape index (κ2) is 7.25. The van der Waals surface area contributed by atoms with Crippen LogP contribution in [-0.2, 0) is 11.3 Å². The van der Waals surface area contributed by atoms with Crippen LogP contribution in [0.25, 0.3) is 0 Å². The van der Waals surface area contributed by atoms with E-state index in [0.717, 1.165) is 37.9 Å². The monoisotopic (exact) mass is 363 g/mol. The summed E-state index contributed by atoms with van der Waals surface area (Å²) in [6, 6.07) is 4.82. The first-order valence-corrected chi connectivity index (χ1v) is 10.2. The molecule has 0 unspecified atom stereocenters. The predicted octanol–water partition coefficient (Wildman–Crippen LogP) is 2.11. The zero-order valence-corrected chi connectivity index (χ0v) is 15.1. The lowest BCUT2D eigenvalue weighted by molar-refractivity contribution is -0.130. The van der Waals surface area contributed by atoms with Gasteiger partial charge in [-0.05, 0) is 24.3 Å². The Balaban J connectivity index is 1.23. The average Bonchev–Trinajstić information content (AvgIpc) is 3.12. The summed E-state index contributed by atoms with van der Waals surface area (Å²) >= 11 is 3.31. The zero-order valence-electron chi connectivity index (χ0n) is 13.5. The van der Waals surface area contributed by atoms with E-state index in [4.69, 9.17) is 0 Å². The van der Waals surface area contributed by atoms with E-state index >= 15 is 0 Å². The van der Waals surface area contributed by atoms with Crippen LogP contribution in [-0.4, -0.2) is 62.4 Å². The molecule has 0 radical (unpaired) electrons. The molecule has 1 aliphatic heterocycles. The zero-order chi connectivity index (χ0) is 16.4. The maximum atomic E-state index is 12.4. The minimum atomic E-state index is 0.209. The summed E-state index contributed by atoms with van der Waals surface area (Å²) in [5.74, 6) is 0.664. The maximum Gasteiger partial charge on any atom is 0.233 e. The van der Waals surface area contributed by atoms with Gasteiger partial charge in [-0.25, -0.2) is 0 Å². The second-order valence-corrected chi connectivity index (χ2v) is 8.25. The molecule has 0 spiro atoms. The summed E-state index contributed by atoms with van der Waals surface area (Å²) in [6.07, 6.45) is 4.19. The molecule has 3 heterocycles. The number of hydrogen-bond donors (Lipinski definition) is 0. The number of carbonyl (C=O) groups excluding carboxylic acids is 1. The van der Waals surface area contributed by atoms with Crippen LogP contribution in [0.1, 0.15) is 23.8 Å². The van der Waals surface area contributed by atoms with Gasteiger partial charge in [-0.2, -0.15) is 0 Å². The van der Waals surface area contributed by atoms with E-state index in [1.165, 1.54) is 29.5 Å². The van der Waals surface area contributed by atoms with Crippen molar-refractivity contribution in [2.24, 2.45) is 0 Å². The molecule has 2 aromatic rings. The number of nitrogens with zero attached hydrogens (tertiary/aromatic N) is 5. The van der Waals surface area contributed by atoms with Crippen LogP contribution >= 0.6 is 23.1 Å². The Labute approximate surface area is 149 Å². The van der Waals surface area contributed by atoms with Gasteiger partial charge < -0.3 is 9.47 Å². The predicted molar refractivity (Wildman–Crippen MR) is 95.2 cm³/mol. The summed E-state index contributed by atoms with van der Waals surface area (Å²) < 4.78 is 2.11. The molecular formula is C16H21N5OS2. The number of aromatic nitrogens is 3. The number of piperazine rings is 1. The summed E-state index contributed by atoms with van der Waals surface area (Å²) in [7, 11) is 0. The van der Waals surface area contributed by atoms with E-state index in [1.807, 2.05) is 4.90 Å². The molecule has 24 heavy (non-hydrogen) atoms. The van der Waals surface area contributed by atoms with Crippen LogP contribution in [0.15, 0.2) is 29.0 Å². The molecule has 4 rings (SSSR count). The first kappa shape index (κ1) is 16.1. The van der Waals surface area contributed by atoms with Crippen molar-refractivity contribution in [3.63, 3.8) is 0 Å². The van der Waals surface area contributed by atoms with Gasteiger partial charge >= 0.3 is 0 Å². The molecule has 1 aliphatic carbocycles. The van der Waals surface area contributed by atoms with Crippen molar-refractivity contribution in [3.8, 4) is 0 Å². The van der Waals surface area contributed by atoms with Crippen molar-refractivity contribution in [1.29, 1.82) is 0 Å². The molecule has 1 amide bonds. The Kier molecular flexibility index (Phi) is 4.86. The normalized spacial score (nSPS) is 18.9. The quantitative estimate of drug-likeness (QED) is 0.736. The number of amides is 1. The van der Waals surface area contributed by atoms with Crippen LogP contribution in [0.5, 0.6) is 0 Å². The molecule has 0 aromatic carbocycles. The Morgan fingerprint density at radius 1 is 1.29 bits per heavy atom. The van der Waals surface area contributed by atoms with Crippen molar-refractivity contribution in [1.82, 2.24) is 24.6 Å². The summed E-state index contributed by atoms with van der Waals surface area (Å²) in [5, 5.41) is 11.1. The van der Waals surface area contributed by atoms with Crippen LogP contribution in [0.3, 0.4) is 0 Å². The summed E-state index contributed by atoms with van der Waals surface area (Å²) in [6.45, 7) is 4.54. The molecule has 2 aromatic heterocycles. The lowest BCUT2D eigenvalue weighted by Crippen LogP contribution is -2.48. The first-order chi connectivity index (χ1) is 11.8. The van der Waals surface area contributed by atoms with Crippen molar-refractivity contribution < 1.29 is 4.79 Å². The largest absolute Gasteiger partial charge is 0.339 e. The molecular weight excluding hydrogens is 342 g/mol. The molecule has 0 bridgehead atoms. The fourth-order valence-electron chi connectivity index (χ4n) is 2.93. The smallest absolute Gasteiger partial charge is 0.233 e. The Bertz CT molecular complexity index is 674. The highest BCUT2D eigenvalue weighted by Gasteiger charge is 2.27. The Morgan fingerprint density at radius 3 is 2.83 bits per heavy atom. The minimum absolute atomic E-state index is 0.209. The van der Waals surface area contributed by atoms with E-state index < -0.39 is 0 Å². The van der Waals surface area contributed by atoms with Crippen molar-refractivity contribution in [2.75, 3.05) is 31.9 Å². The number of thioether (sulfide) groups is 1. The molecule has 8 heteroatoms. The fraction of sp³-hybridized carbons (Fsp3) is 0.562. The third-order valence-electron chi connectivity index (χ3n) is 4.49. The topological polar surface area (TPSA) is 54.3 Å². The molecule has 0 N–H and O–H groups in total. The van der Waals surface area contributed by atoms with Crippen molar-refractivity contribution >= 4 is 29.0 Å². The van der Waals surface area contributed by atoms with Gasteiger partial charge in [0.25, 0.3) is 0 Å². The van der Waals surface area contributed by atoms with E-state index in [2.05, 4.69) is 37.2 Å². The highest BCUT2D eigenvalue weighted by Crippen LogP contribution is 2.37. The first-order valence-electron chi connectivity index (χ1n) is 8.34. The molecule has 2 aliphatic rings.